The lowest BCUT2D eigenvalue weighted by Gasteiger charge is -2.12. The molecule has 2 aromatic rings. The van der Waals surface area contributed by atoms with Gasteiger partial charge < -0.3 is 27.6 Å². The quantitative estimate of drug-likeness (QED) is 0.645. The van der Waals surface area contributed by atoms with Gasteiger partial charge in [0.05, 0.1) is 7.05 Å². The minimum Gasteiger partial charge on any atom is -1.00 e. The fraction of sp³-hybridized carbons (Fsp3) is 0.286. The molecular formula is C14H18ClNO2. The Hall–Kier alpha value is -1.29. The van der Waals surface area contributed by atoms with Gasteiger partial charge in [0.25, 0.3) is 0 Å². The highest BCUT2D eigenvalue weighted by Crippen LogP contribution is 2.24. The predicted molar refractivity (Wildman–Crippen MR) is 68.2 cm³/mol. The van der Waals surface area contributed by atoms with E-state index in [2.05, 4.69) is 12.1 Å². The second-order valence-electron chi connectivity index (χ2n) is 4.09. The molecule has 0 bridgehead atoms. The van der Waals surface area contributed by atoms with E-state index >= 15 is 0 Å². The van der Waals surface area contributed by atoms with E-state index in [-0.39, 0.29) is 12.4 Å². The molecule has 0 fully saturated rings. The number of hydrogen-bond donors (Lipinski definition) is 2. The zero-order chi connectivity index (χ0) is 12.1. The van der Waals surface area contributed by atoms with Crippen LogP contribution in [0.1, 0.15) is 0 Å². The number of likely N-dealkylation sites (N-methyl/N-ethyl adjacent to an activating group) is 1. The molecule has 2 aromatic carbocycles. The Morgan fingerprint density at radius 3 is 2.67 bits per heavy atom. The number of quaternary nitrogens is 1. The van der Waals surface area contributed by atoms with Crippen LogP contribution in [0.5, 0.6) is 5.75 Å². The average molecular weight is 268 g/mol. The highest BCUT2D eigenvalue weighted by molar-refractivity contribution is 5.88. The molecule has 1 atom stereocenters. The monoisotopic (exact) mass is 267 g/mol. The Balaban J connectivity index is 0.00000162. The topological polar surface area (TPSA) is 46.1 Å². The molecule has 0 spiro atoms. The Bertz CT molecular complexity index is 485. The Kier molecular flexibility index (Phi) is 5.92. The van der Waals surface area contributed by atoms with E-state index in [1.54, 1.807) is 0 Å². The molecule has 0 radical (unpaired) electrons. The third-order valence-corrected chi connectivity index (χ3v) is 2.69. The van der Waals surface area contributed by atoms with E-state index in [4.69, 9.17) is 4.74 Å². The summed E-state index contributed by atoms with van der Waals surface area (Å²) in [4.78, 5) is 0. The van der Waals surface area contributed by atoms with Crippen LogP contribution in [0.25, 0.3) is 10.8 Å². The number of benzene rings is 2. The lowest BCUT2D eigenvalue weighted by Crippen LogP contribution is -3.00. The summed E-state index contributed by atoms with van der Waals surface area (Å²) in [6, 6.07) is 14.0. The number of rotatable bonds is 5. The molecule has 0 aliphatic carbocycles. The zero-order valence-electron chi connectivity index (χ0n) is 10.3. The standard InChI is InChI=1S/C14H17NO2.ClH/c1-15-9-12(16)10-17-14-8-4-6-11-5-2-3-7-13(11)14;/h2-8,12,15-16H,9-10H2,1H3;1H. The minimum atomic E-state index is -0.432. The van der Waals surface area contributed by atoms with Crippen LogP contribution in [0.2, 0.25) is 0 Å². The van der Waals surface area contributed by atoms with Crippen molar-refractivity contribution in [2.45, 2.75) is 6.10 Å². The lowest BCUT2D eigenvalue weighted by atomic mass is 10.1. The van der Waals surface area contributed by atoms with Gasteiger partial charge in [-0.15, -0.1) is 0 Å². The number of nitrogens with two attached hydrogens (primary N) is 1. The molecule has 3 N–H and O–H groups in total. The van der Waals surface area contributed by atoms with E-state index in [0.29, 0.717) is 13.2 Å². The minimum absolute atomic E-state index is 0. The van der Waals surface area contributed by atoms with Gasteiger partial charge in [0.1, 0.15) is 25.0 Å². The number of ether oxygens (including phenoxy) is 1. The van der Waals surface area contributed by atoms with E-state index in [1.807, 2.05) is 42.7 Å². The molecule has 0 aromatic heterocycles. The number of aliphatic hydroxyl groups is 1. The van der Waals surface area contributed by atoms with Crippen molar-refractivity contribution in [3.05, 3.63) is 42.5 Å². The summed E-state index contributed by atoms with van der Waals surface area (Å²) in [5.41, 5.74) is 0. The first kappa shape index (κ1) is 14.8. The second kappa shape index (κ2) is 7.21. The molecule has 98 valence electrons. The molecule has 1 unspecified atom stereocenters. The molecule has 18 heavy (non-hydrogen) atoms. The fourth-order valence-electron chi connectivity index (χ4n) is 1.85. The van der Waals surface area contributed by atoms with Crippen LogP contribution in [0.4, 0.5) is 0 Å². The van der Waals surface area contributed by atoms with E-state index in [1.165, 1.54) is 0 Å². The maximum Gasteiger partial charge on any atom is 0.137 e. The first-order chi connectivity index (χ1) is 8.31. The number of aliphatic hydroxyl groups excluding tert-OH is 1. The maximum absolute atomic E-state index is 9.63. The van der Waals surface area contributed by atoms with Gasteiger partial charge in [-0.1, -0.05) is 36.4 Å². The molecular weight excluding hydrogens is 250 g/mol. The highest BCUT2D eigenvalue weighted by atomic mass is 35.5. The van der Waals surface area contributed by atoms with Crippen LogP contribution in [0.15, 0.2) is 42.5 Å². The van der Waals surface area contributed by atoms with Gasteiger partial charge in [-0.05, 0) is 11.5 Å². The van der Waals surface area contributed by atoms with Crippen molar-refractivity contribution in [1.29, 1.82) is 0 Å². The molecule has 0 aliphatic heterocycles. The maximum atomic E-state index is 9.63. The van der Waals surface area contributed by atoms with Gasteiger partial charge in [-0.25, -0.2) is 0 Å². The highest BCUT2D eigenvalue weighted by Gasteiger charge is 2.07. The van der Waals surface area contributed by atoms with Crippen molar-refractivity contribution in [2.75, 3.05) is 20.2 Å². The van der Waals surface area contributed by atoms with Gasteiger partial charge in [0.2, 0.25) is 0 Å². The van der Waals surface area contributed by atoms with Crippen LogP contribution in [-0.4, -0.2) is 31.4 Å². The average Bonchev–Trinajstić information content (AvgIpc) is 2.36. The third kappa shape index (κ3) is 3.60. The number of halogens is 1. The molecule has 0 aliphatic rings. The van der Waals surface area contributed by atoms with Crippen LogP contribution >= 0.6 is 0 Å². The lowest BCUT2D eigenvalue weighted by molar-refractivity contribution is -0.633. The van der Waals surface area contributed by atoms with Crippen molar-refractivity contribution < 1.29 is 27.6 Å². The molecule has 2 rings (SSSR count). The van der Waals surface area contributed by atoms with Crippen molar-refractivity contribution >= 4 is 10.8 Å². The van der Waals surface area contributed by atoms with Gasteiger partial charge in [0, 0.05) is 5.39 Å². The van der Waals surface area contributed by atoms with Gasteiger partial charge in [0.15, 0.2) is 0 Å². The smallest absolute Gasteiger partial charge is 0.137 e. The van der Waals surface area contributed by atoms with E-state index in [0.717, 1.165) is 16.5 Å². The van der Waals surface area contributed by atoms with Crippen LogP contribution in [-0.2, 0) is 0 Å². The largest absolute Gasteiger partial charge is 1.00 e. The van der Waals surface area contributed by atoms with Crippen molar-refractivity contribution in [2.24, 2.45) is 0 Å². The first-order valence-electron chi connectivity index (χ1n) is 5.87. The SMILES string of the molecule is C[NH2+]CC(O)COc1cccc2ccccc12.[Cl-]. The van der Waals surface area contributed by atoms with Gasteiger partial charge in [-0.3, -0.25) is 0 Å². The Morgan fingerprint density at radius 1 is 1.17 bits per heavy atom. The van der Waals surface area contributed by atoms with Gasteiger partial charge >= 0.3 is 0 Å². The van der Waals surface area contributed by atoms with Gasteiger partial charge in [-0.2, -0.15) is 0 Å². The molecule has 0 saturated heterocycles. The Morgan fingerprint density at radius 2 is 1.89 bits per heavy atom. The van der Waals surface area contributed by atoms with E-state index in [9.17, 15) is 5.11 Å². The molecule has 0 amide bonds. The van der Waals surface area contributed by atoms with Crippen LogP contribution < -0.4 is 22.5 Å². The van der Waals surface area contributed by atoms with Crippen LogP contribution in [0.3, 0.4) is 0 Å². The molecule has 0 saturated carbocycles. The Labute approximate surface area is 113 Å². The summed E-state index contributed by atoms with van der Waals surface area (Å²) < 4.78 is 5.66. The van der Waals surface area contributed by atoms with E-state index < -0.39 is 6.10 Å². The number of fused-ring (bicyclic) bond motifs is 1. The summed E-state index contributed by atoms with van der Waals surface area (Å²) in [5, 5.41) is 13.8. The second-order valence-corrected chi connectivity index (χ2v) is 4.09. The summed E-state index contributed by atoms with van der Waals surface area (Å²) >= 11 is 0. The first-order valence-corrected chi connectivity index (χ1v) is 5.87. The zero-order valence-corrected chi connectivity index (χ0v) is 11.1. The summed E-state index contributed by atoms with van der Waals surface area (Å²) in [6.45, 7) is 0.989. The third-order valence-electron chi connectivity index (χ3n) is 2.69. The van der Waals surface area contributed by atoms with Crippen molar-refractivity contribution in [3.63, 3.8) is 0 Å². The van der Waals surface area contributed by atoms with Crippen molar-refractivity contribution in [3.8, 4) is 5.75 Å². The fourth-order valence-corrected chi connectivity index (χ4v) is 1.85. The molecule has 4 heteroatoms. The molecule has 0 heterocycles. The van der Waals surface area contributed by atoms with Crippen molar-refractivity contribution in [1.82, 2.24) is 0 Å². The summed E-state index contributed by atoms with van der Waals surface area (Å²) in [7, 11) is 1.93. The molecule has 3 nitrogen and oxygen atoms in total. The predicted octanol–water partition coefficient (Wildman–Crippen LogP) is -2.22. The van der Waals surface area contributed by atoms with Crippen LogP contribution in [0, 0.1) is 0 Å². The number of hydrogen-bond acceptors (Lipinski definition) is 2. The summed E-state index contributed by atoms with van der Waals surface area (Å²) in [6.07, 6.45) is -0.432. The normalized spacial score (nSPS) is 11.9. The summed E-state index contributed by atoms with van der Waals surface area (Å²) in [5.74, 6) is 0.832.